The number of benzene rings is 2. The van der Waals surface area contributed by atoms with E-state index in [-0.39, 0.29) is 16.1 Å². The maximum Gasteiger partial charge on any atom is 0.146 e. The Labute approximate surface area is 122 Å². The number of hydrogen-bond donors (Lipinski definition) is 0. The van der Waals surface area contributed by atoms with E-state index in [1.54, 1.807) is 6.07 Å². The van der Waals surface area contributed by atoms with Gasteiger partial charge in [-0.2, -0.15) is 0 Å². The highest BCUT2D eigenvalue weighted by Crippen LogP contribution is 2.36. The second kappa shape index (κ2) is 5.55. The number of halogens is 5. The van der Waals surface area contributed by atoms with Crippen LogP contribution in [-0.2, 0) is 0 Å². The number of alkyl halides is 1. The van der Waals surface area contributed by atoms with Crippen LogP contribution >= 0.6 is 27.5 Å². The molecule has 0 fully saturated rings. The molecule has 2 rings (SSSR count). The predicted molar refractivity (Wildman–Crippen MR) is 73.3 cm³/mol. The third kappa shape index (κ3) is 2.79. The molecule has 0 bridgehead atoms. The molecule has 0 N–H and O–H groups in total. The summed E-state index contributed by atoms with van der Waals surface area (Å²) >= 11 is 8.92. The van der Waals surface area contributed by atoms with Crippen LogP contribution in [0.1, 0.15) is 21.5 Å². The molecule has 0 amide bonds. The van der Waals surface area contributed by atoms with Crippen molar-refractivity contribution in [3.05, 3.63) is 69.5 Å². The lowest BCUT2D eigenvalue weighted by atomic mass is 10.0. The number of hydrogen-bond acceptors (Lipinski definition) is 0. The van der Waals surface area contributed by atoms with Crippen molar-refractivity contribution in [3.8, 4) is 0 Å². The molecule has 0 aromatic heterocycles. The zero-order chi connectivity index (χ0) is 14.2. The second-order valence-electron chi connectivity index (χ2n) is 4.13. The van der Waals surface area contributed by atoms with Gasteiger partial charge in [-0.3, -0.25) is 0 Å². The van der Waals surface area contributed by atoms with E-state index in [4.69, 9.17) is 11.6 Å². The van der Waals surface area contributed by atoms with Crippen LogP contribution in [0.3, 0.4) is 0 Å². The summed E-state index contributed by atoms with van der Waals surface area (Å²) in [6.45, 7) is 1.52. The van der Waals surface area contributed by atoms with Gasteiger partial charge >= 0.3 is 0 Å². The summed E-state index contributed by atoms with van der Waals surface area (Å²) < 4.78 is 40.9. The van der Waals surface area contributed by atoms with Crippen molar-refractivity contribution in [2.75, 3.05) is 0 Å². The van der Waals surface area contributed by atoms with E-state index in [2.05, 4.69) is 15.9 Å². The average Bonchev–Trinajstić information content (AvgIpc) is 2.36. The molecule has 0 spiro atoms. The molecule has 1 unspecified atom stereocenters. The van der Waals surface area contributed by atoms with Crippen LogP contribution in [-0.4, -0.2) is 0 Å². The van der Waals surface area contributed by atoms with E-state index < -0.39 is 22.3 Å². The molecule has 5 heteroatoms. The molecular weight excluding hydrogens is 341 g/mol. The highest BCUT2D eigenvalue weighted by molar-refractivity contribution is 9.09. The third-order valence-electron chi connectivity index (χ3n) is 2.81. The first kappa shape index (κ1) is 14.4. The summed E-state index contributed by atoms with van der Waals surface area (Å²) in [6, 6.07) is 6.63. The van der Waals surface area contributed by atoms with Gasteiger partial charge in [0.25, 0.3) is 0 Å². The zero-order valence-corrected chi connectivity index (χ0v) is 12.2. The van der Waals surface area contributed by atoms with Crippen LogP contribution < -0.4 is 0 Å². The summed E-state index contributed by atoms with van der Waals surface area (Å²) in [5.74, 6) is -1.98. The Bertz CT molecular complexity index is 628. The molecule has 1 atom stereocenters. The van der Waals surface area contributed by atoms with Crippen molar-refractivity contribution < 1.29 is 13.2 Å². The second-order valence-corrected chi connectivity index (χ2v) is 5.45. The average molecular weight is 350 g/mol. The monoisotopic (exact) mass is 348 g/mol. The first-order chi connectivity index (χ1) is 8.91. The standard InChI is InChI=1S/C14H9BrClF3/c1-7-5-9(12(18)6-11(7)17)13(15)8-3-2-4-10(16)14(8)19/h2-6,13H,1H3. The van der Waals surface area contributed by atoms with Gasteiger partial charge in [-0.1, -0.05) is 39.7 Å². The van der Waals surface area contributed by atoms with Crippen LogP contribution in [0.5, 0.6) is 0 Å². The molecule has 0 saturated heterocycles. The molecule has 2 aromatic carbocycles. The number of aryl methyl sites for hydroxylation is 1. The molecule has 0 radical (unpaired) electrons. The van der Waals surface area contributed by atoms with Crippen LogP contribution in [0.2, 0.25) is 5.02 Å². The molecule has 2 aromatic rings. The Hall–Kier alpha value is -1.00. The van der Waals surface area contributed by atoms with E-state index >= 15 is 0 Å². The highest BCUT2D eigenvalue weighted by atomic mass is 79.9. The van der Waals surface area contributed by atoms with Crippen molar-refractivity contribution in [1.82, 2.24) is 0 Å². The lowest BCUT2D eigenvalue weighted by Gasteiger charge is -2.14. The molecule has 100 valence electrons. The van der Waals surface area contributed by atoms with Gasteiger partial charge in [-0.15, -0.1) is 0 Å². The quantitative estimate of drug-likeness (QED) is 0.624. The molecule has 0 aliphatic carbocycles. The lowest BCUT2D eigenvalue weighted by Crippen LogP contribution is -2.02. The first-order valence-electron chi connectivity index (χ1n) is 5.45. The molecule has 19 heavy (non-hydrogen) atoms. The highest BCUT2D eigenvalue weighted by Gasteiger charge is 2.20. The van der Waals surface area contributed by atoms with Crippen molar-refractivity contribution in [2.24, 2.45) is 0 Å². The largest absolute Gasteiger partial charge is 0.207 e. The first-order valence-corrected chi connectivity index (χ1v) is 6.74. The summed E-state index contributed by atoms with van der Waals surface area (Å²) in [5.41, 5.74) is 0.667. The molecule has 0 aliphatic rings. The SMILES string of the molecule is Cc1cc(C(Br)c2cccc(Cl)c2F)c(F)cc1F. The Kier molecular flexibility index (Phi) is 4.21. The van der Waals surface area contributed by atoms with Gasteiger partial charge in [0.05, 0.1) is 9.85 Å². The van der Waals surface area contributed by atoms with Gasteiger partial charge < -0.3 is 0 Å². The molecule has 0 heterocycles. The molecular formula is C14H9BrClF3. The van der Waals surface area contributed by atoms with Gasteiger partial charge in [0.2, 0.25) is 0 Å². The Morgan fingerprint density at radius 2 is 1.74 bits per heavy atom. The fourth-order valence-corrected chi connectivity index (χ4v) is 2.64. The van der Waals surface area contributed by atoms with E-state index in [1.807, 2.05) is 0 Å². The lowest BCUT2D eigenvalue weighted by molar-refractivity contribution is 0.566. The molecule has 0 saturated carbocycles. The van der Waals surface area contributed by atoms with Gasteiger partial charge in [0.1, 0.15) is 17.5 Å². The van der Waals surface area contributed by atoms with E-state index in [1.165, 1.54) is 25.1 Å². The van der Waals surface area contributed by atoms with Crippen molar-refractivity contribution >= 4 is 27.5 Å². The Morgan fingerprint density at radius 3 is 2.42 bits per heavy atom. The van der Waals surface area contributed by atoms with E-state index in [9.17, 15) is 13.2 Å². The minimum absolute atomic E-state index is 0.0406. The van der Waals surface area contributed by atoms with Gasteiger partial charge in [0, 0.05) is 17.2 Å². The molecule has 0 aliphatic heterocycles. The Morgan fingerprint density at radius 1 is 1.05 bits per heavy atom. The maximum absolute atomic E-state index is 13.9. The predicted octanol–water partition coefficient (Wildman–Crippen LogP) is 5.55. The van der Waals surface area contributed by atoms with Crippen LogP contribution in [0.4, 0.5) is 13.2 Å². The van der Waals surface area contributed by atoms with Gasteiger partial charge in [0.15, 0.2) is 0 Å². The summed E-state index contributed by atoms with van der Waals surface area (Å²) in [5, 5.41) is -0.0406. The van der Waals surface area contributed by atoms with Gasteiger partial charge in [-0.05, 0) is 24.6 Å². The van der Waals surface area contributed by atoms with Crippen molar-refractivity contribution in [3.63, 3.8) is 0 Å². The third-order valence-corrected chi connectivity index (χ3v) is 4.08. The van der Waals surface area contributed by atoms with E-state index in [0.717, 1.165) is 6.07 Å². The number of rotatable bonds is 2. The maximum atomic E-state index is 13.9. The summed E-state index contributed by atoms with van der Waals surface area (Å²) in [6.07, 6.45) is 0. The Balaban J connectivity index is 2.53. The van der Waals surface area contributed by atoms with Crippen LogP contribution in [0, 0.1) is 24.4 Å². The van der Waals surface area contributed by atoms with Crippen LogP contribution in [0.25, 0.3) is 0 Å². The smallest absolute Gasteiger partial charge is 0.146 e. The summed E-state index contributed by atoms with van der Waals surface area (Å²) in [7, 11) is 0. The topological polar surface area (TPSA) is 0 Å². The van der Waals surface area contributed by atoms with Crippen LogP contribution in [0.15, 0.2) is 30.3 Å². The fraction of sp³-hybridized carbons (Fsp3) is 0.143. The normalized spacial score (nSPS) is 12.5. The molecule has 0 nitrogen and oxygen atoms in total. The minimum atomic E-state index is -0.732. The van der Waals surface area contributed by atoms with E-state index in [0.29, 0.717) is 5.56 Å². The van der Waals surface area contributed by atoms with Crippen molar-refractivity contribution in [2.45, 2.75) is 11.8 Å². The van der Waals surface area contributed by atoms with Crippen molar-refractivity contribution in [1.29, 1.82) is 0 Å². The summed E-state index contributed by atoms with van der Waals surface area (Å²) in [4.78, 5) is -0.731. The fourth-order valence-electron chi connectivity index (χ4n) is 1.76. The zero-order valence-electron chi connectivity index (χ0n) is 9.85. The minimum Gasteiger partial charge on any atom is -0.207 e. The van der Waals surface area contributed by atoms with Gasteiger partial charge in [-0.25, -0.2) is 13.2 Å².